The minimum atomic E-state index is 0.500. The van der Waals surface area contributed by atoms with Crippen LogP contribution in [0.15, 0.2) is 12.0 Å². The zero-order chi connectivity index (χ0) is 5.11. The lowest BCUT2D eigenvalue weighted by molar-refractivity contribution is 0.0331. The molecule has 0 spiro atoms. The van der Waals surface area contributed by atoms with Gasteiger partial charge in [-0.25, -0.2) is 0 Å². The predicted molar refractivity (Wildman–Crippen MR) is 23.6 cm³/mol. The van der Waals surface area contributed by atoms with Crippen LogP contribution in [-0.2, 0) is 9.57 Å². The Kier molecular flexibility index (Phi) is 1.17. The molecule has 7 heavy (non-hydrogen) atoms. The summed E-state index contributed by atoms with van der Waals surface area (Å²) < 4.78 is 4.66. The number of hydrogen-bond acceptors (Lipinski definition) is 3. The van der Waals surface area contributed by atoms with E-state index in [1.54, 1.807) is 19.7 Å². The predicted octanol–water partition coefficient (Wildman–Crippen LogP) is 0.171. The Morgan fingerprint density at radius 3 is 3.00 bits per heavy atom. The van der Waals surface area contributed by atoms with Crippen molar-refractivity contribution in [2.45, 2.75) is 0 Å². The summed E-state index contributed by atoms with van der Waals surface area (Å²) in [4.78, 5) is 4.64. The van der Waals surface area contributed by atoms with Crippen molar-refractivity contribution in [3.63, 3.8) is 0 Å². The fourth-order valence-electron chi connectivity index (χ4n) is 0.338. The van der Waals surface area contributed by atoms with Crippen LogP contribution in [0.5, 0.6) is 0 Å². The van der Waals surface area contributed by atoms with Gasteiger partial charge in [-0.3, -0.25) is 0 Å². The van der Waals surface area contributed by atoms with Crippen LogP contribution < -0.4 is 5.48 Å². The van der Waals surface area contributed by atoms with Crippen LogP contribution in [0.4, 0.5) is 0 Å². The molecule has 3 heteroatoms. The Morgan fingerprint density at radius 1 is 1.86 bits per heavy atom. The number of methoxy groups -OCH3 is 1. The first kappa shape index (κ1) is 4.46. The highest BCUT2D eigenvalue weighted by molar-refractivity contribution is 4.97. The number of rotatable bonds is 1. The Labute approximate surface area is 41.9 Å². The highest BCUT2D eigenvalue weighted by atomic mass is 16.8. The Balaban J connectivity index is 2.36. The van der Waals surface area contributed by atoms with E-state index in [9.17, 15) is 0 Å². The molecule has 0 bridgehead atoms. The Morgan fingerprint density at radius 2 is 2.71 bits per heavy atom. The topological polar surface area (TPSA) is 30.5 Å². The second-order valence-electron chi connectivity index (χ2n) is 1.08. The third-order valence-electron chi connectivity index (χ3n) is 0.648. The molecule has 0 amide bonds. The van der Waals surface area contributed by atoms with Gasteiger partial charge in [0.25, 0.3) is 5.95 Å². The lowest BCUT2D eigenvalue weighted by Gasteiger charge is -1.96. The summed E-state index contributed by atoms with van der Waals surface area (Å²) in [5.41, 5.74) is 2.48. The van der Waals surface area contributed by atoms with Crippen molar-refractivity contribution in [3.8, 4) is 0 Å². The summed E-state index contributed by atoms with van der Waals surface area (Å²) in [5, 5.41) is 0. The van der Waals surface area contributed by atoms with Crippen molar-refractivity contribution < 1.29 is 9.57 Å². The molecule has 0 atom stereocenters. The number of hydrogen-bond donors (Lipinski definition) is 1. The van der Waals surface area contributed by atoms with E-state index in [4.69, 9.17) is 0 Å². The highest BCUT2D eigenvalue weighted by Gasteiger charge is 2.01. The smallest absolute Gasteiger partial charge is 0.296 e. The molecule has 3 nitrogen and oxygen atoms in total. The SMILES string of the molecule is COC1=C[CH]NO1. The Bertz CT molecular complexity index is 89.7. The van der Waals surface area contributed by atoms with Gasteiger partial charge in [0.1, 0.15) is 0 Å². The largest absolute Gasteiger partial charge is 0.468 e. The Hall–Kier alpha value is -0.700. The van der Waals surface area contributed by atoms with E-state index in [1.165, 1.54) is 0 Å². The monoisotopic (exact) mass is 100 g/mol. The molecule has 0 aromatic rings. The van der Waals surface area contributed by atoms with E-state index in [0.717, 1.165) is 0 Å². The molecular formula is C4H6NO2. The van der Waals surface area contributed by atoms with Crippen molar-refractivity contribution in [2.75, 3.05) is 7.11 Å². The summed E-state index contributed by atoms with van der Waals surface area (Å²) >= 11 is 0. The molecule has 1 radical (unpaired) electrons. The molecule has 0 saturated heterocycles. The van der Waals surface area contributed by atoms with Gasteiger partial charge in [-0.05, 0) is 0 Å². The van der Waals surface area contributed by atoms with Crippen LogP contribution >= 0.6 is 0 Å². The molecule has 1 aliphatic heterocycles. The van der Waals surface area contributed by atoms with Gasteiger partial charge in [0.05, 0.1) is 13.7 Å². The van der Waals surface area contributed by atoms with Crippen LogP contribution in [-0.4, -0.2) is 7.11 Å². The van der Waals surface area contributed by atoms with E-state index >= 15 is 0 Å². The van der Waals surface area contributed by atoms with Gasteiger partial charge in [0, 0.05) is 6.08 Å². The molecular weight excluding hydrogens is 94.0 g/mol. The van der Waals surface area contributed by atoms with Crippen LogP contribution in [0.1, 0.15) is 0 Å². The van der Waals surface area contributed by atoms with Crippen molar-refractivity contribution in [1.82, 2.24) is 5.48 Å². The molecule has 0 aromatic carbocycles. The molecule has 0 aliphatic carbocycles. The summed E-state index contributed by atoms with van der Waals surface area (Å²) in [7, 11) is 1.55. The maximum atomic E-state index is 4.66. The number of nitrogens with one attached hydrogen (secondary N) is 1. The second-order valence-corrected chi connectivity index (χ2v) is 1.08. The molecule has 1 aliphatic rings. The van der Waals surface area contributed by atoms with Crippen LogP contribution in [0, 0.1) is 6.54 Å². The van der Waals surface area contributed by atoms with Crippen molar-refractivity contribution in [1.29, 1.82) is 0 Å². The minimum absolute atomic E-state index is 0.500. The van der Waals surface area contributed by atoms with Crippen molar-refractivity contribution in [2.24, 2.45) is 0 Å². The molecule has 1 N–H and O–H groups in total. The fraction of sp³-hybridized carbons (Fsp3) is 0.250. The third kappa shape index (κ3) is 0.838. The van der Waals surface area contributed by atoms with E-state index in [0.29, 0.717) is 5.95 Å². The summed E-state index contributed by atoms with van der Waals surface area (Å²) in [6, 6.07) is 0. The lowest BCUT2D eigenvalue weighted by Crippen LogP contribution is -2.00. The van der Waals surface area contributed by atoms with Gasteiger partial charge in [-0.15, -0.1) is 5.48 Å². The average Bonchev–Trinajstić information content (AvgIpc) is 2.14. The standard InChI is InChI=1S/C4H6NO2/c1-6-4-2-3-5-7-4/h2-3,5H,1H3. The zero-order valence-corrected chi connectivity index (χ0v) is 3.97. The lowest BCUT2D eigenvalue weighted by atomic mass is 10.6. The first-order valence-corrected chi connectivity index (χ1v) is 1.93. The van der Waals surface area contributed by atoms with Crippen molar-refractivity contribution >= 4 is 0 Å². The van der Waals surface area contributed by atoms with Gasteiger partial charge in [0.15, 0.2) is 0 Å². The zero-order valence-electron chi connectivity index (χ0n) is 3.97. The molecule has 1 rings (SSSR count). The molecule has 39 valence electrons. The maximum absolute atomic E-state index is 4.66. The first-order valence-electron chi connectivity index (χ1n) is 1.93. The van der Waals surface area contributed by atoms with Gasteiger partial charge in [0.2, 0.25) is 0 Å². The van der Waals surface area contributed by atoms with Crippen LogP contribution in [0.25, 0.3) is 0 Å². The van der Waals surface area contributed by atoms with Crippen LogP contribution in [0.2, 0.25) is 0 Å². The van der Waals surface area contributed by atoms with E-state index < -0.39 is 0 Å². The van der Waals surface area contributed by atoms with Gasteiger partial charge in [-0.1, -0.05) is 0 Å². The maximum Gasteiger partial charge on any atom is 0.296 e. The normalized spacial score (nSPS) is 18.1. The van der Waals surface area contributed by atoms with Gasteiger partial charge < -0.3 is 9.57 Å². The van der Waals surface area contributed by atoms with E-state index in [-0.39, 0.29) is 0 Å². The summed E-state index contributed by atoms with van der Waals surface area (Å²) in [6.07, 6.45) is 1.69. The number of hydroxylamine groups is 1. The van der Waals surface area contributed by atoms with E-state index in [2.05, 4.69) is 15.1 Å². The quantitative estimate of drug-likeness (QED) is 0.509. The number of ether oxygens (including phenoxy) is 1. The third-order valence-corrected chi connectivity index (χ3v) is 0.648. The van der Waals surface area contributed by atoms with E-state index in [1.807, 2.05) is 0 Å². The van der Waals surface area contributed by atoms with Gasteiger partial charge in [-0.2, -0.15) is 0 Å². The fourth-order valence-corrected chi connectivity index (χ4v) is 0.338. The average molecular weight is 100 g/mol. The second kappa shape index (κ2) is 1.84. The first-order chi connectivity index (χ1) is 3.43. The molecule has 0 saturated carbocycles. The summed E-state index contributed by atoms with van der Waals surface area (Å²) in [6.45, 7) is 1.65. The molecule has 1 heterocycles. The minimum Gasteiger partial charge on any atom is -0.468 e. The highest BCUT2D eigenvalue weighted by Crippen LogP contribution is 2.01. The molecule has 0 aromatic heterocycles. The summed E-state index contributed by atoms with van der Waals surface area (Å²) in [5.74, 6) is 0.500. The molecule has 0 unspecified atom stereocenters. The van der Waals surface area contributed by atoms with Gasteiger partial charge >= 0.3 is 0 Å². The van der Waals surface area contributed by atoms with Crippen molar-refractivity contribution in [3.05, 3.63) is 18.6 Å². The molecule has 0 fully saturated rings. The van der Waals surface area contributed by atoms with Crippen LogP contribution in [0.3, 0.4) is 0 Å².